The number of methoxy groups -OCH3 is 1. The molecule has 12 heteroatoms. The summed E-state index contributed by atoms with van der Waals surface area (Å²) in [5.74, 6) is 0.336. The van der Waals surface area contributed by atoms with E-state index in [1.54, 1.807) is 0 Å². The molecule has 3 N–H and O–H groups in total. The van der Waals surface area contributed by atoms with E-state index in [4.69, 9.17) is 21.5 Å². The van der Waals surface area contributed by atoms with Gasteiger partial charge in [0, 0.05) is 5.56 Å². The number of nitrogens with zero attached hydrogens (tertiary/aromatic N) is 2. The summed E-state index contributed by atoms with van der Waals surface area (Å²) >= 11 is 6.10. The van der Waals surface area contributed by atoms with Crippen LogP contribution in [0, 0.1) is 0 Å². The van der Waals surface area contributed by atoms with Crippen LogP contribution in [-0.2, 0) is 22.8 Å². The Bertz CT molecular complexity index is 1210. The fourth-order valence-corrected chi connectivity index (χ4v) is 3.85. The first-order chi connectivity index (χ1) is 14.0. The normalized spacial score (nSPS) is 12.2. The minimum Gasteiger partial charge on any atom is -0.495 e. The maximum Gasteiger partial charge on any atom is 0.435 e. The highest BCUT2D eigenvalue weighted by Crippen LogP contribution is 2.36. The number of aromatic nitrogens is 2. The van der Waals surface area contributed by atoms with Crippen LogP contribution >= 0.6 is 11.6 Å². The number of halogens is 4. The molecule has 0 bridgehead atoms. The lowest BCUT2D eigenvalue weighted by molar-refractivity contribution is -0.141. The highest BCUT2D eigenvalue weighted by Gasteiger charge is 2.35. The Morgan fingerprint density at radius 1 is 1.20 bits per heavy atom. The summed E-state index contributed by atoms with van der Waals surface area (Å²) in [5, 5.41) is 18.4. The number of hydrogen-bond donors (Lipinski definition) is 2. The zero-order chi connectivity index (χ0) is 22.3. The average Bonchev–Trinajstić information content (AvgIpc) is 3.12. The monoisotopic (exact) mass is 461 g/mol. The summed E-state index contributed by atoms with van der Waals surface area (Å²) in [6.07, 6.45) is -4.73. The van der Waals surface area contributed by atoms with Crippen LogP contribution in [0.15, 0.2) is 47.4 Å². The van der Waals surface area contributed by atoms with Crippen LogP contribution in [0.2, 0.25) is 5.02 Å². The second-order valence-electron chi connectivity index (χ2n) is 6.17. The number of rotatable bonds is 5. The third-order valence-corrected chi connectivity index (χ3v) is 5.52. The van der Waals surface area contributed by atoms with Crippen LogP contribution in [0.3, 0.4) is 0 Å². The fraction of sp³-hybridized carbons (Fsp3) is 0.167. The number of ether oxygens (including phenoxy) is 1. The van der Waals surface area contributed by atoms with Crippen LogP contribution in [0.25, 0.3) is 16.9 Å². The number of aliphatic hydroxyl groups excluding tert-OH is 1. The van der Waals surface area contributed by atoms with Gasteiger partial charge < -0.3 is 9.84 Å². The molecule has 0 spiro atoms. The summed E-state index contributed by atoms with van der Waals surface area (Å²) in [6, 6.07) is 8.78. The Hall–Kier alpha value is -2.60. The number of sulfonamides is 1. The van der Waals surface area contributed by atoms with Gasteiger partial charge in [-0.3, -0.25) is 0 Å². The van der Waals surface area contributed by atoms with E-state index in [0.29, 0.717) is 11.3 Å². The van der Waals surface area contributed by atoms with Crippen molar-refractivity contribution in [2.24, 2.45) is 5.14 Å². The molecular weight excluding hydrogens is 447 g/mol. The van der Waals surface area contributed by atoms with Crippen LogP contribution in [-0.4, -0.2) is 30.4 Å². The Labute approximate surface area is 174 Å². The SMILES string of the molecule is COc1ccc(-c2cc(C(F)(F)F)nn2-c2ccc(S(N)(=O)=O)c(CO)c2)cc1Cl. The second kappa shape index (κ2) is 7.91. The van der Waals surface area contributed by atoms with Crippen molar-refractivity contribution in [3.05, 3.63) is 58.7 Å². The van der Waals surface area contributed by atoms with E-state index in [-0.39, 0.29) is 26.9 Å². The molecule has 0 saturated carbocycles. The third-order valence-electron chi connectivity index (χ3n) is 4.21. The van der Waals surface area contributed by atoms with Gasteiger partial charge in [0.25, 0.3) is 0 Å². The van der Waals surface area contributed by atoms with Gasteiger partial charge in [0.05, 0.1) is 35.0 Å². The molecule has 0 aliphatic rings. The summed E-state index contributed by atoms with van der Waals surface area (Å²) in [5.41, 5.74) is -0.809. The first-order valence-corrected chi connectivity index (χ1v) is 10.2. The molecular formula is C18H15ClF3N3O4S. The van der Waals surface area contributed by atoms with Gasteiger partial charge in [-0.05, 0) is 48.0 Å². The van der Waals surface area contributed by atoms with Crippen molar-refractivity contribution >= 4 is 21.6 Å². The molecule has 0 radical (unpaired) electrons. The lowest BCUT2D eigenvalue weighted by Gasteiger charge is -2.12. The molecule has 0 amide bonds. The highest BCUT2D eigenvalue weighted by molar-refractivity contribution is 7.89. The summed E-state index contributed by atoms with van der Waals surface area (Å²) in [4.78, 5) is -0.342. The first kappa shape index (κ1) is 22.1. The quantitative estimate of drug-likeness (QED) is 0.605. The van der Waals surface area contributed by atoms with E-state index in [9.17, 15) is 26.7 Å². The topological polar surface area (TPSA) is 107 Å². The molecule has 7 nitrogen and oxygen atoms in total. The van der Waals surface area contributed by atoms with Gasteiger partial charge in [-0.25, -0.2) is 18.2 Å². The van der Waals surface area contributed by atoms with E-state index in [1.807, 2.05) is 0 Å². The molecule has 0 fully saturated rings. The lowest BCUT2D eigenvalue weighted by Crippen LogP contribution is -2.15. The number of benzene rings is 2. The minimum atomic E-state index is -4.73. The predicted molar refractivity (Wildman–Crippen MR) is 103 cm³/mol. The van der Waals surface area contributed by atoms with Crippen LogP contribution < -0.4 is 9.88 Å². The van der Waals surface area contributed by atoms with Crippen molar-refractivity contribution in [3.63, 3.8) is 0 Å². The zero-order valence-electron chi connectivity index (χ0n) is 15.3. The van der Waals surface area contributed by atoms with Crippen molar-refractivity contribution < 1.29 is 31.4 Å². The minimum absolute atomic E-state index is 0.0409. The maximum absolute atomic E-state index is 13.3. The second-order valence-corrected chi connectivity index (χ2v) is 8.11. The standard InChI is InChI=1S/C18H15ClF3N3O4S/c1-29-15-4-2-10(7-13(15)19)14-8-17(18(20,21)22)24-25(14)12-3-5-16(30(23,27)28)11(6-12)9-26/h2-8,26H,9H2,1H3,(H2,23,27,28). The van der Waals surface area contributed by atoms with Gasteiger partial charge in [0.15, 0.2) is 5.69 Å². The molecule has 0 atom stereocenters. The third kappa shape index (κ3) is 4.29. The predicted octanol–water partition coefficient (Wildman–Crippen LogP) is 3.36. The van der Waals surface area contributed by atoms with Crippen molar-refractivity contribution in [2.75, 3.05) is 7.11 Å². The largest absolute Gasteiger partial charge is 0.495 e. The van der Waals surface area contributed by atoms with Gasteiger partial charge in [0.1, 0.15) is 5.75 Å². The van der Waals surface area contributed by atoms with Crippen molar-refractivity contribution in [2.45, 2.75) is 17.7 Å². The number of aliphatic hydroxyl groups is 1. The summed E-state index contributed by atoms with van der Waals surface area (Å²) < 4.78 is 69.3. The molecule has 3 rings (SSSR count). The molecule has 30 heavy (non-hydrogen) atoms. The average molecular weight is 462 g/mol. The zero-order valence-corrected chi connectivity index (χ0v) is 16.9. The maximum atomic E-state index is 13.3. The number of primary sulfonamides is 1. The Morgan fingerprint density at radius 2 is 1.90 bits per heavy atom. The summed E-state index contributed by atoms with van der Waals surface area (Å²) in [7, 11) is -2.74. The van der Waals surface area contributed by atoms with Gasteiger partial charge in [-0.15, -0.1) is 0 Å². The lowest BCUT2D eigenvalue weighted by atomic mass is 10.1. The van der Waals surface area contributed by atoms with Crippen molar-refractivity contribution in [1.82, 2.24) is 9.78 Å². The van der Waals surface area contributed by atoms with Crippen LogP contribution in [0.4, 0.5) is 13.2 Å². The first-order valence-electron chi connectivity index (χ1n) is 8.24. The number of alkyl halides is 3. The van der Waals surface area contributed by atoms with Crippen molar-refractivity contribution in [1.29, 1.82) is 0 Å². The Kier molecular flexibility index (Phi) is 5.83. The number of hydrogen-bond acceptors (Lipinski definition) is 5. The van der Waals surface area contributed by atoms with Crippen molar-refractivity contribution in [3.8, 4) is 22.7 Å². The molecule has 160 valence electrons. The molecule has 0 saturated heterocycles. The molecule has 1 aromatic heterocycles. The molecule has 0 aliphatic carbocycles. The molecule has 0 unspecified atom stereocenters. The van der Waals surface area contributed by atoms with E-state index < -0.39 is 28.5 Å². The van der Waals surface area contributed by atoms with E-state index in [0.717, 1.165) is 16.8 Å². The van der Waals surface area contributed by atoms with Gasteiger partial charge in [0.2, 0.25) is 10.0 Å². The smallest absolute Gasteiger partial charge is 0.435 e. The Balaban J connectivity index is 2.24. The van der Waals surface area contributed by atoms with Gasteiger partial charge >= 0.3 is 6.18 Å². The molecule has 2 aromatic carbocycles. The highest BCUT2D eigenvalue weighted by atomic mass is 35.5. The number of nitrogens with two attached hydrogens (primary N) is 1. The van der Waals surface area contributed by atoms with E-state index in [2.05, 4.69) is 5.10 Å². The fourth-order valence-electron chi connectivity index (χ4n) is 2.85. The van der Waals surface area contributed by atoms with Gasteiger partial charge in [-0.2, -0.15) is 18.3 Å². The van der Waals surface area contributed by atoms with Gasteiger partial charge in [-0.1, -0.05) is 11.6 Å². The molecule has 1 heterocycles. The van der Waals surface area contributed by atoms with Crippen LogP contribution in [0.5, 0.6) is 5.75 Å². The van der Waals surface area contributed by atoms with E-state index >= 15 is 0 Å². The molecule has 3 aromatic rings. The summed E-state index contributed by atoms with van der Waals surface area (Å²) in [6.45, 7) is -0.698. The van der Waals surface area contributed by atoms with Crippen LogP contribution in [0.1, 0.15) is 11.3 Å². The van der Waals surface area contributed by atoms with E-state index in [1.165, 1.54) is 37.4 Å². The molecule has 0 aliphatic heterocycles. The Morgan fingerprint density at radius 3 is 2.43 bits per heavy atom.